The van der Waals surface area contributed by atoms with Crippen molar-refractivity contribution in [2.45, 2.75) is 13.8 Å². The van der Waals surface area contributed by atoms with E-state index in [0.29, 0.717) is 12.4 Å². The Morgan fingerprint density at radius 3 is 2.56 bits per heavy atom. The molecule has 9 heavy (non-hydrogen) atoms. The zero-order valence-corrected chi connectivity index (χ0v) is 5.64. The van der Waals surface area contributed by atoms with Gasteiger partial charge in [0.15, 0.2) is 0 Å². The molecule has 0 unspecified atom stereocenters. The van der Waals surface area contributed by atoms with Gasteiger partial charge in [-0.15, -0.1) is 0 Å². The van der Waals surface area contributed by atoms with Crippen molar-refractivity contribution in [3.05, 3.63) is 12.3 Å². The van der Waals surface area contributed by atoms with Crippen LogP contribution in [0.3, 0.4) is 0 Å². The average molecular weight is 130 g/mol. The first-order chi connectivity index (χ1) is 4.16. The predicted octanol–water partition coefficient (Wildman–Crippen LogP) is 1.69. The van der Waals surface area contributed by atoms with E-state index < -0.39 is 6.16 Å². The lowest BCUT2D eigenvalue weighted by atomic mass is 10.7. The zero-order chi connectivity index (χ0) is 7.28. The highest BCUT2D eigenvalue weighted by Crippen LogP contribution is 1.93. The van der Waals surface area contributed by atoms with E-state index in [2.05, 4.69) is 16.1 Å². The number of hydrogen-bond acceptors (Lipinski definition) is 3. The second-order valence-electron chi connectivity index (χ2n) is 1.49. The number of hydrogen-bond donors (Lipinski definition) is 0. The Morgan fingerprint density at radius 1 is 1.67 bits per heavy atom. The monoisotopic (exact) mass is 130 g/mol. The van der Waals surface area contributed by atoms with Gasteiger partial charge in [-0.3, -0.25) is 0 Å². The van der Waals surface area contributed by atoms with Crippen molar-refractivity contribution >= 4 is 6.16 Å². The lowest BCUT2D eigenvalue weighted by Crippen LogP contribution is -2.04. The van der Waals surface area contributed by atoms with Crippen LogP contribution in [0.4, 0.5) is 4.79 Å². The van der Waals surface area contributed by atoms with Crippen LogP contribution in [-0.2, 0) is 9.47 Å². The summed E-state index contributed by atoms with van der Waals surface area (Å²) in [7, 11) is 0. The molecular formula is C6H10O3. The van der Waals surface area contributed by atoms with Crippen LogP contribution >= 0.6 is 0 Å². The molecule has 0 aromatic carbocycles. The molecule has 0 saturated carbocycles. The van der Waals surface area contributed by atoms with Gasteiger partial charge in [-0.25, -0.2) is 4.79 Å². The zero-order valence-electron chi connectivity index (χ0n) is 5.64. The quantitative estimate of drug-likeness (QED) is 0.421. The van der Waals surface area contributed by atoms with Crippen LogP contribution in [0.25, 0.3) is 0 Å². The van der Waals surface area contributed by atoms with Crippen molar-refractivity contribution in [2.24, 2.45) is 0 Å². The Morgan fingerprint density at radius 2 is 2.22 bits per heavy atom. The van der Waals surface area contributed by atoms with Gasteiger partial charge in [0, 0.05) is 0 Å². The van der Waals surface area contributed by atoms with Crippen molar-refractivity contribution in [1.29, 1.82) is 0 Å². The molecule has 0 bridgehead atoms. The van der Waals surface area contributed by atoms with Gasteiger partial charge < -0.3 is 9.47 Å². The van der Waals surface area contributed by atoms with Crippen molar-refractivity contribution in [3.8, 4) is 0 Å². The van der Waals surface area contributed by atoms with Crippen LogP contribution < -0.4 is 0 Å². The second-order valence-corrected chi connectivity index (χ2v) is 1.49. The Labute approximate surface area is 54.3 Å². The van der Waals surface area contributed by atoms with Gasteiger partial charge in [-0.2, -0.15) is 0 Å². The van der Waals surface area contributed by atoms with Crippen LogP contribution in [0.15, 0.2) is 12.3 Å². The summed E-state index contributed by atoms with van der Waals surface area (Å²) < 4.78 is 8.87. The fourth-order valence-corrected chi connectivity index (χ4v) is 0.290. The summed E-state index contributed by atoms with van der Waals surface area (Å²) in [4.78, 5) is 10.3. The number of ether oxygens (including phenoxy) is 2. The van der Waals surface area contributed by atoms with E-state index in [1.165, 1.54) is 0 Å². The molecule has 0 aliphatic carbocycles. The standard InChI is InChI=1S/C6H10O3/c1-4-8-6(7)9-5(2)3/h2,4H2,1,3H3. The van der Waals surface area contributed by atoms with E-state index in [1.54, 1.807) is 13.8 Å². The molecule has 0 aliphatic rings. The van der Waals surface area contributed by atoms with Gasteiger partial charge in [-0.1, -0.05) is 6.58 Å². The smallest absolute Gasteiger partial charge is 0.434 e. The highest BCUT2D eigenvalue weighted by molar-refractivity contribution is 5.61. The molecule has 0 saturated heterocycles. The summed E-state index contributed by atoms with van der Waals surface area (Å²) in [5.41, 5.74) is 0. The van der Waals surface area contributed by atoms with E-state index in [4.69, 9.17) is 0 Å². The minimum absolute atomic E-state index is 0.326. The number of allylic oxidation sites excluding steroid dienone is 1. The summed E-state index contributed by atoms with van der Waals surface area (Å²) in [6.45, 7) is 6.97. The maximum absolute atomic E-state index is 10.3. The third kappa shape index (κ3) is 4.87. The summed E-state index contributed by atoms with van der Waals surface area (Å²) >= 11 is 0. The van der Waals surface area contributed by atoms with E-state index in [-0.39, 0.29) is 0 Å². The van der Waals surface area contributed by atoms with Crippen LogP contribution in [-0.4, -0.2) is 12.8 Å². The lowest BCUT2D eigenvalue weighted by molar-refractivity contribution is 0.0822. The van der Waals surface area contributed by atoms with Gasteiger partial charge >= 0.3 is 6.16 Å². The molecule has 0 amide bonds. The fraction of sp³-hybridized carbons (Fsp3) is 0.500. The molecule has 0 heterocycles. The minimum Gasteiger partial charge on any atom is -0.434 e. The fourth-order valence-electron chi connectivity index (χ4n) is 0.290. The van der Waals surface area contributed by atoms with Gasteiger partial charge in [0.1, 0.15) is 5.76 Å². The molecule has 0 rings (SSSR count). The highest BCUT2D eigenvalue weighted by Gasteiger charge is 1.99. The SMILES string of the molecule is C=C(C)OC(=O)OCC. The Bertz CT molecular complexity index is 117. The first kappa shape index (κ1) is 8.01. The number of rotatable bonds is 2. The molecule has 0 spiro atoms. The summed E-state index contributed by atoms with van der Waals surface area (Å²) in [5.74, 6) is 0.341. The molecule has 0 aliphatic heterocycles. The molecule has 0 fully saturated rings. The van der Waals surface area contributed by atoms with Gasteiger partial charge in [0.05, 0.1) is 6.61 Å². The van der Waals surface area contributed by atoms with Crippen LogP contribution in [0.2, 0.25) is 0 Å². The second kappa shape index (κ2) is 3.95. The van der Waals surface area contributed by atoms with E-state index in [0.717, 1.165) is 0 Å². The summed E-state index contributed by atoms with van der Waals surface area (Å²) in [6.07, 6.45) is -0.690. The number of carbonyl (C=O) groups is 1. The molecular weight excluding hydrogens is 120 g/mol. The van der Waals surface area contributed by atoms with E-state index in [9.17, 15) is 4.79 Å². The summed E-state index contributed by atoms with van der Waals surface area (Å²) in [5, 5.41) is 0. The molecule has 3 nitrogen and oxygen atoms in total. The van der Waals surface area contributed by atoms with Crippen LogP contribution in [0.5, 0.6) is 0 Å². The molecule has 52 valence electrons. The molecule has 0 aromatic heterocycles. The van der Waals surface area contributed by atoms with Crippen LogP contribution in [0, 0.1) is 0 Å². The van der Waals surface area contributed by atoms with Crippen molar-refractivity contribution < 1.29 is 14.3 Å². The van der Waals surface area contributed by atoms with E-state index in [1.807, 2.05) is 0 Å². The Hall–Kier alpha value is -0.990. The maximum atomic E-state index is 10.3. The third-order valence-electron chi connectivity index (χ3n) is 0.520. The Kier molecular flexibility index (Phi) is 3.51. The predicted molar refractivity (Wildman–Crippen MR) is 32.9 cm³/mol. The van der Waals surface area contributed by atoms with Gasteiger partial charge in [0.25, 0.3) is 0 Å². The van der Waals surface area contributed by atoms with Crippen molar-refractivity contribution in [2.75, 3.05) is 6.61 Å². The molecule has 3 heteroatoms. The van der Waals surface area contributed by atoms with Gasteiger partial charge in [0.2, 0.25) is 0 Å². The first-order valence-corrected chi connectivity index (χ1v) is 2.67. The molecule has 0 atom stereocenters. The highest BCUT2D eigenvalue weighted by atomic mass is 16.7. The first-order valence-electron chi connectivity index (χ1n) is 2.67. The molecule has 0 N–H and O–H groups in total. The molecule has 0 aromatic rings. The average Bonchev–Trinajstić information content (AvgIpc) is 1.63. The van der Waals surface area contributed by atoms with Crippen LogP contribution in [0.1, 0.15) is 13.8 Å². The molecule has 0 radical (unpaired) electrons. The van der Waals surface area contributed by atoms with Crippen molar-refractivity contribution in [3.63, 3.8) is 0 Å². The lowest BCUT2D eigenvalue weighted by Gasteiger charge is -2.00. The van der Waals surface area contributed by atoms with Crippen molar-refractivity contribution in [1.82, 2.24) is 0 Å². The van der Waals surface area contributed by atoms with E-state index >= 15 is 0 Å². The summed E-state index contributed by atoms with van der Waals surface area (Å²) in [6, 6.07) is 0. The minimum atomic E-state index is -0.690. The topological polar surface area (TPSA) is 35.5 Å². The van der Waals surface area contributed by atoms with Gasteiger partial charge in [-0.05, 0) is 13.8 Å². The largest absolute Gasteiger partial charge is 0.513 e. The normalized spacial score (nSPS) is 8.22. The maximum Gasteiger partial charge on any atom is 0.513 e. The number of carbonyl (C=O) groups excluding carboxylic acids is 1. The third-order valence-corrected chi connectivity index (χ3v) is 0.520. The Balaban J connectivity index is 3.39.